The number of nitrogens with zero attached hydrogens (tertiary/aromatic N) is 4. The van der Waals surface area contributed by atoms with Gasteiger partial charge >= 0.3 is 0 Å². The van der Waals surface area contributed by atoms with Gasteiger partial charge in [-0.05, 0) is 77.2 Å². The van der Waals surface area contributed by atoms with Crippen molar-refractivity contribution < 1.29 is 20.1 Å². The number of imidazole rings is 1. The predicted octanol–water partition coefficient (Wildman–Crippen LogP) is 9.66. The molecule has 227 valence electrons. The van der Waals surface area contributed by atoms with Gasteiger partial charge in [0, 0.05) is 55.3 Å². The first kappa shape index (κ1) is 30.5. The first-order chi connectivity index (χ1) is 20.8. The molecular weight excluding hydrogens is 717 g/mol. The molecule has 5 aromatic rings. The largest absolute Gasteiger partial charge is 0.376 e. The quantitative estimate of drug-likeness (QED) is 0.172. The van der Waals surface area contributed by atoms with Gasteiger partial charge in [-0.3, -0.25) is 4.98 Å². The summed E-state index contributed by atoms with van der Waals surface area (Å²) in [4.78, 5) is 12.0. The average molecular weight is 757 g/mol. The summed E-state index contributed by atoms with van der Waals surface area (Å²) >= 11 is 0. The van der Waals surface area contributed by atoms with E-state index < -0.39 is 0 Å². The summed E-state index contributed by atoms with van der Waals surface area (Å²) in [6, 6.07) is 32.7. The van der Waals surface area contributed by atoms with Crippen molar-refractivity contribution in [1.29, 1.82) is 0 Å². The molecule has 1 radical (unpaired) electrons. The van der Waals surface area contributed by atoms with Crippen LogP contribution in [0.1, 0.15) is 77.5 Å². The fraction of sp³-hybridized carbons (Fsp3) is 0.333. The topological polar surface area (TPSA) is 34.0 Å². The van der Waals surface area contributed by atoms with E-state index in [0.717, 1.165) is 28.2 Å². The van der Waals surface area contributed by atoms with E-state index in [2.05, 4.69) is 116 Å². The van der Waals surface area contributed by atoms with E-state index in [-0.39, 0.29) is 25.6 Å². The van der Waals surface area contributed by atoms with Crippen LogP contribution in [0.5, 0.6) is 0 Å². The second-order valence-electron chi connectivity index (χ2n) is 13.0. The summed E-state index contributed by atoms with van der Waals surface area (Å²) in [5.74, 6) is 1.73. The fourth-order valence-corrected chi connectivity index (χ4v) is 7.62. The number of hydrogen-bond donors (Lipinski definition) is 0. The van der Waals surface area contributed by atoms with Gasteiger partial charge in [-0.1, -0.05) is 31.1 Å². The number of hydrogen-bond acceptors (Lipinski definition) is 3. The summed E-state index contributed by atoms with van der Waals surface area (Å²) in [7, 11) is 0. The smallest absolute Gasteiger partial charge is 0.0777 e. The molecule has 44 heavy (non-hydrogen) atoms. The van der Waals surface area contributed by atoms with Gasteiger partial charge in [0.25, 0.3) is 0 Å². The maximum absolute atomic E-state index is 5.01. The summed E-state index contributed by atoms with van der Waals surface area (Å²) in [6.45, 7) is 11.3. The number of aromatic nitrogens is 3. The van der Waals surface area contributed by atoms with Gasteiger partial charge in [0.1, 0.15) is 0 Å². The van der Waals surface area contributed by atoms with E-state index in [1.807, 2.05) is 30.5 Å². The van der Waals surface area contributed by atoms with Gasteiger partial charge in [-0.15, -0.1) is 71.3 Å². The summed E-state index contributed by atoms with van der Waals surface area (Å²) in [5, 5.41) is 0. The Bertz CT molecular complexity index is 1810. The molecule has 0 saturated heterocycles. The van der Waals surface area contributed by atoms with Gasteiger partial charge in [0.05, 0.1) is 22.4 Å². The average Bonchev–Trinajstić information content (AvgIpc) is 3.70. The van der Waals surface area contributed by atoms with Crippen molar-refractivity contribution in [3.05, 3.63) is 108 Å². The molecule has 0 bridgehead atoms. The molecule has 0 spiro atoms. The number of fused-ring (bicyclic) bond motifs is 3. The third-order valence-electron chi connectivity index (χ3n) is 9.43. The summed E-state index contributed by atoms with van der Waals surface area (Å²) in [5.41, 5.74) is 11.0. The van der Waals surface area contributed by atoms with Crippen LogP contribution in [-0.2, 0) is 25.6 Å². The first-order valence-corrected chi connectivity index (χ1v) is 15.8. The van der Waals surface area contributed by atoms with Crippen molar-refractivity contribution in [2.45, 2.75) is 77.9 Å². The van der Waals surface area contributed by atoms with Crippen LogP contribution in [0.3, 0.4) is 0 Å². The van der Waals surface area contributed by atoms with Crippen molar-refractivity contribution in [2.24, 2.45) is 5.92 Å². The Kier molecular flexibility index (Phi) is 8.39. The fourth-order valence-electron chi connectivity index (χ4n) is 7.62. The molecule has 5 heteroatoms. The Hall–Kier alpha value is -3.53. The summed E-state index contributed by atoms with van der Waals surface area (Å²) < 4.78 is 2.42. The standard InChI is InChI=1S/C23H23N2.C16H17N2.Ir/c1-23(2)15-19(16-9-6-7-10-16)18-13-8-14-20-21(18)25(23)22(24-20)17-11-4-3-5-12-17;1-11(2)18-12(3)13-7-4-5-8-14(13)16-15(18)9-6-10-17-16;/h3-5,8,11,13-16H,6-7,9-10H2,1-2H3;4-7,9-12H,1-3H3;/q2*-1;. The molecule has 1 fully saturated rings. The third kappa shape index (κ3) is 5.14. The molecule has 1 saturated carbocycles. The van der Waals surface area contributed by atoms with Crippen LogP contribution in [0.15, 0.2) is 85.1 Å². The van der Waals surface area contributed by atoms with E-state index in [0.29, 0.717) is 18.0 Å². The molecule has 4 nitrogen and oxygen atoms in total. The normalized spacial score (nSPS) is 18.2. The van der Waals surface area contributed by atoms with Gasteiger partial charge < -0.3 is 14.5 Å². The molecule has 4 heterocycles. The number of para-hydroxylation sites is 1. The van der Waals surface area contributed by atoms with E-state index in [9.17, 15) is 0 Å². The van der Waals surface area contributed by atoms with E-state index in [1.54, 1.807) is 5.57 Å². The monoisotopic (exact) mass is 757 g/mol. The third-order valence-corrected chi connectivity index (χ3v) is 9.43. The molecule has 3 aromatic carbocycles. The molecule has 2 aliphatic heterocycles. The van der Waals surface area contributed by atoms with Crippen molar-refractivity contribution in [3.8, 4) is 22.6 Å². The number of benzene rings is 3. The zero-order valence-electron chi connectivity index (χ0n) is 26.3. The maximum atomic E-state index is 5.01. The van der Waals surface area contributed by atoms with Crippen LogP contribution in [0.4, 0.5) is 5.69 Å². The van der Waals surface area contributed by atoms with Crippen LogP contribution < -0.4 is 4.90 Å². The van der Waals surface area contributed by atoms with Crippen molar-refractivity contribution in [1.82, 2.24) is 14.5 Å². The van der Waals surface area contributed by atoms with Crippen LogP contribution in [0, 0.1) is 18.1 Å². The molecular formula is C39H40IrN4-2. The molecule has 8 rings (SSSR count). The minimum absolute atomic E-state index is 0. The molecule has 2 aromatic heterocycles. The minimum atomic E-state index is -0.0833. The maximum Gasteiger partial charge on any atom is 0.0777 e. The van der Waals surface area contributed by atoms with Crippen molar-refractivity contribution in [2.75, 3.05) is 4.90 Å². The Labute approximate surface area is 275 Å². The second-order valence-corrected chi connectivity index (χ2v) is 13.0. The van der Waals surface area contributed by atoms with Crippen LogP contribution in [-0.4, -0.2) is 20.6 Å². The zero-order chi connectivity index (χ0) is 29.7. The van der Waals surface area contributed by atoms with Crippen molar-refractivity contribution in [3.63, 3.8) is 0 Å². The number of rotatable bonds is 3. The predicted molar refractivity (Wildman–Crippen MR) is 178 cm³/mol. The van der Waals surface area contributed by atoms with Gasteiger partial charge in [0.2, 0.25) is 0 Å². The van der Waals surface area contributed by atoms with Crippen LogP contribution in [0.25, 0.3) is 39.3 Å². The van der Waals surface area contributed by atoms with Gasteiger partial charge in [-0.25, -0.2) is 0 Å². The van der Waals surface area contributed by atoms with Crippen molar-refractivity contribution >= 4 is 22.3 Å². The first-order valence-electron chi connectivity index (χ1n) is 15.8. The Balaban J connectivity index is 0.000000161. The Morgan fingerprint density at radius 2 is 1.70 bits per heavy atom. The molecule has 0 amide bonds. The molecule has 1 aliphatic carbocycles. The number of anilines is 1. The SMILES string of the molecule is CC(C)N1c2cccnc2-c2[c-]cccc2C1C.CC1(C)C=C(C2CCCC2)c2cccc3nc(-c4[c-]cccc4)n1c23.[Ir]. The molecule has 0 N–H and O–H groups in total. The van der Waals surface area contributed by atoms with Crippen LogP contribution in [0.2, 0.25) is 0 Å². The minimum Gasteiger partial charge on any atom is -0.376 e. The zero-order valence-corrected chi connectivity index (χ0v) is 28.7. The summed E-state index contributed by atoms with van der Waals surface area (Å²) in [6.07, 6.45) is 9.73. The van der Waals surface area contributed by atoms with E-state index in [1.165, 1.54) is 48.0 Å². The molecule has 3 aliphatic rings. The Morgan fingerprint density at radius 1 is 0.909 bits per heavy atom. The van der Waals surface area contributed by atoms with Gasteiger partial charge in [-0.2, -0.15) is 0 Å². The molecule has 1 unspecified atom stereocenters. The number of allylic oxidation sites excluding steroid dienone is 2. The second kappa shape index (κ2) is 12.1. The Morgan fingerprint density at radius 3 is 2.45 bits per heavy atom. The van der Waals surface area contributed by atoms with E-state index >= 15 is 0 Å². The van der Waals surface area contributed by atoms with E-state index in [4.69, 9.17) is 4.98 Å². The molecule has 1 atom stereocenters. The van der Waals surface area contributed by atoms with Crippen LogP contribution >= 0.6 is 0 Å². The number of pyridine rings is 1. The van der Waals surface area contributed by atoms with Gasteiger partial charge in [0.15, 0.2) is 0 Å².